The van der Waals surface area contributed by atoms with Crippen LogP contribution in [0.5, 0.6) is 11.5 Å². The third kappa shape index (κ3) is 9.72. The Kier molecular flexibility index (Phi) is 11.7. The van der Waals surface area contributed by atoms with Crippen LogP contribution in [0.4, 0.5) is 62.6 Å². The highest BCUT2D eigenvalue weighted by Gasteiger charge is 2.28. The molecule has 1 radical (unpaired) electrons. The minimum Gasteiger partial charge on any atom is -0.508 e. The van der Waals surface area contributed by atoms with Gasteiger partial charge >= 0.3 is 0 Å². The normalized spacial score (nSPS) is 12.8. The number of phenols is 2. The fourth-order valence-electron chi connectivity index (χ4n) is 5.53. The number of hydrogen-bond acceptors (Lipinski definition) is 19. The Morgan fingerprint density at radius 2 is 1.06 bits per heavy atom. The lowest BCUT2D eigenvalue weighted by Gasteiger charge is -2.14. The third-order valence-electron chi connectivity index (χ3n) is 8.30. The summed E-state index contributed by atoms with van der Waals surface area (Å²) in [7, 11) is -20.7. The van der Waals surface area contributed by atoms with Crippen LogP contribution in [0.25, 0.3) is 10.8 Å². The molecule has 0 aliphatic rings. The van der Waals surface area contributed by atoms with Crippen molar-refractivity contribution in [2.24, 2.45) is 30.7 Å². The number of nitrogens with one attached hydrogen (secondary N) is 2. The van der Waals surface area contributed by atoms with E-state index in [1.807, 2.05) is 0 Å². The zero-order chi connectivity index (χ0) is 45.5. The van der Waals surface area contributed by atoms with Crippen molar-refractivity contribution in [3.05, 3.63) is 91.0 Å². The first-order valence-corrected chi connectivity index (χ1v) is 22.3. The first-order valence-electron chi connectivity index (χ1n) is 16.5. The van der Waals surface area contributed by atoms with Crippen LogP contribution < -0.4 is 22.5 Å². The predicted molar refractivity (Wildman–Crippen MR) is 220 cm³/mol. The summed E-state index contributed by atoms with van der Waals surface area (Å²) in [5, 5.41) is 45.1. The van der Waals surface area contributed by atoms with Crippen molar-refractivity contribution in [2.45, 2.75) is 19.6 Å². The number of rotatable bonds is 12. The standard InChI is InChI=1S/C34H27N10O14S4/c35-17-1-10-26(59(47,48)49)25(13-17)42-44-33-29(62(56,57)58)12-16-11-28(61(53,54)55)32(31(37)30(16)34(33)46)43-40-20-6-8-24(27(14-20)60(50,51)52)38-18-2-4-19(5-3-18)39-41-23-9-7-21(45)15-22(23)36/h1-15,35,38,45-46H,36-37H2,(H,47,48,49)(H,50,51,52)(H,53,54,55)(H,56,57,58). The average Bonchev–Trinajstić information content (AvgIpc) is 3.16. The molecule has 24 nitrogen and oxygen atoms in total. The van der Waals surface area contributed by atoms with Gasteiger partial charge in [0.1, 0.15) is 48.1 Å². The average molecular weight is 928 g/mol. The number of nitrogens with zero attached hydrogens (tertiary/aromatic N) is 6. The molecule has 28 heteroatoms. The summed E-state index contributed by atoms with van der Waals surface area (Å²) in [5.74, 6) is -1.29. The van der Waals surface area contributed by atoms with Crippen molar-refractivity contribution in [3.63, 3.8) is 0 Å². The topological polar surface area (TPSA) is 420 Å². The summed E-state index contributed by atoms with van der Waals surface area (Å²) >= 11 is 0. The minimum atomic E-state index is -5.38. The van der Waals surface area contributed by atoms with Crippen molar-refractivity contribution < 1.29 is 62.1 Å². The first kappa shape index (κ1) is 44.4. The second-order valence-corrected chi connectivity index (χ2v) is 18.1. The van der Waals surface area contributed by atoms with Crippen LogP contribution in [-0.4, -0.2) is 62.1 Å². The molecule has 0 saturated heterocycles. The van der Waals surface area contributed by atoms with E-state index in [1.54, 1.807) is 0 Å². The van der Waals surface area contributed by atoms with Gasteiger partial charge in [0.2, 0.25) is 0 Å². The lowest BCUT2D eigenvalue weighted by atomic mass is 10.1. The van der Waals surface area contributed by atoms with Gasteiger partial charge in [-0.05, 0) is 90.3 Å². The Hall–Kier alpha value is -7.18. The molecule has 0 saturated carbocycles. The van der Waals surface area contributed by atoms with E-state index in [-0.39, 0.29) is 34.2 Å². The van der Waals surface area contributed by atoms with E-state index in [0.29, 0.717) is 23.5 Å². The largest absolute Gasteiger partial charge is 0.508 e. The maximum atomic E-state index is 12.6. The summed E-state index contributed by atoms with van der Waals surface area (Å²) < 4.78 is 138. The molecule has 0 fully saturated rings. The van der Waals surface area contributed by atoms with Gasteiger partial charge in [0, 0.05) is 11.8 Å². The van der Waals surface area contributed by atoms with Crippen LogP contribution in [0.15, 0.2) is 141 Å². The second-order valence-electron chi connectivity index (χ2n) is 12.6. The van der Waals surface area contributed by atoms with E-state index in [4.69, 9.17) is 17.2 Å². The molecule has 0 unspecified atom stereocenters. The van der Waals surface area contributed by atoms with E-state index in [9.17, 15) is 62.1 Å². The molecule has 0 heterocycles. The van der Waals surface area contributed by atoms with Gasteiger partial charge in [-0.2, -0.15) is 43.9 Å². The Labute approximate surface area is 349 Å². The van der Waals surface area contributed by atoms with Crippen molar-refractivity contribution in [1.29, 1.82) is 0 Å². The molecule has 0 spiro atoms. The monoisotopic (exact) mass is 927 g/mol. The number of nitrogen functional groups attached to an aromatic ring is 2. The van der Waals surface area contributed by atoms with Gasteiger partial charge in [-0.3, -0.25) is 18.2 Å². The molecule has 0 aromatic heterocycles. The van der Waals surface area contributed by atoms with Crippen molar-refractivity contribution in [1.82, 2.24) is 5.73 Å². The molecule has 6 aromatic carbocycles. The SMILES string of the molecule is [NH]c1ccc(S(=O)(=O)O)c(N=Nc2c(S(=O)(=O)O)cc3cc(S(=O)(=O)O)c(N=Nc4ccc(Nc5ccc(N=Nc6ccc(O)cc6N)cc5)c(S(=O)(=O)O)c4)c(N)c3c2O)c1. The van der Waals surface area contributed by atoms with Crippen molar-refractivity contribution in [2.75, 3.05) is 16.8 Å². The summed E-state index contributed by atoms with van der Waals surface area (Å²) in [5.41, 5.74) is 16.4. The van der Waals surface area contributed by atoms with Gasteiger partial charge in [0.15, 0.2) is 5.75 Å². The highest BCUT2D eigenvalue weighted by Crippen LogP contribution is 2.48. The summed E-state index contributed by atoms with van der Waals surface area (Å²) in [6.07, 6.45) is 0. The fraction of sp³-hybridized carbons (Fsp3) is 0. The summed E-state index contributed by atoms with van der Waals surface area (Å²) in [4.78, 5) is -4.00. The molecule has 0 atom stereocenters. The Morgan fingerprint density at radius 3 is 1.66 bits per heavy atom. The molecule has 0 bridgehead atoms. The van der Waals surface area contributed by atoms with Gasteiger partial charge in [-0.1, -0.05) is 0 Å². The third-order valence-corrected chi connectivity index (χ3v) is 11.8. The van der Waals surface area contributed by atoms with Gasteiger partial charge in [0.25, 0.3) is 40.5 Å². The molecule has 321 valence electrons. The lowest BCUT2D eigenvalue weighted by molar-refractivity contribution is 0.472. The number of nitrogens with two attached hydrogens (primary N) is 2. The van der Waals surface area contributed by atoms with Crippen LogP contribution in [0.2, 0.25) is 0 Å². The highest BCUT2D eigenvalue weighted by molar-refractivity contribution is 7.86. The number of anilines is 4. The predicted octanol–water partition coefficient (Wildman–Crippen LogP) is 7.31. The lowest BCUT2D eigenvalue weighted by Crippen LogP contribution is -2.04. The number of azo groups is 3. The quantitative estimate of drug-likeness (QED) is 0.0330. The molecule has 6 aromatic rings. The molecule has 6 rings (SSSR count). The van der Waals surface area contributed by atoms with Crippen LogP contribution in [0.1, 0.15) is 0 Å². The molecule has 62 heavy (non-hydrogen) atoms. The van der Waals surface area contributed by atoms with Crippen LogP contribution in [-0.2, 0) is 40.5 Å². The van der Waals surface area contributed by atoms with Gasteiger partial charge in [0.05, 0.1) is 39.5 Å². The second kappa shape index (κ2) is 16.4. The Bertz CT molecular complexity index is 3380. The van der Waals surface area contributed by atoms with Crippen LogP contribution in [0, 0.1) is 0 Å². The zero-order valence-corrected chi connectivity index (χ0v) is 33.8. The molecule has 0 amide bonds. The van der Waals surface area contributed by atoms with Gasteiger partial charge in [-0.25, -0.2) is 0 Å². The molecular weight excluding hydrogens is 901 g/mol. The first-order chi connectivity index (χ1) is 28.8. The number of aromatic hydroxyl groups is 2. The molecule has 0 aliphatic carbocycles. The van der Waals surface area contributed by atoms with Gasteiger partial charge in [-0.15, -0.1) is 20.5 Å². The maximum Gasteiger partial charge on any atom is 0.296 e. The molecular formula is C34H27N10O14S4. The number of phenolic OH excluding ortho intramolecular Hbond substituents is 2. The van der Waals surface area contributed by atoms with Crippen LogP contribution >= 0.6 is 0 Å². The van der Waals surface area contributed by atoms with E-state index >= 15 is 0 Å². The van der Waals surface area contributed by atoms with Crippen LogP contribution in [0.3, 0.4) is 0 Å². The van der Waals surface area contributed by atoms with E-state index in [1.165, 1.54) is 42.5 Å². The highest BCUT2D eigenvalue weighted by atomic mass is 32.2. The summed E-state index contributed by atoms with van der Waals surface area (Å²) in [6.45, 7) is 0. The Balaban J connectivity index is 1.40. The maximum absolute atomic E-state index is 12.6. The zero-order valence-electron chi connectivity index (χ0n) is 30.6. The van der Waals surface area contributed by atoms with Crippen molar-refractivity contribution >= 4 is 114 Å². The van der Waals surface area contributed by atoms with E-state index < -0.39 is 99.3 Å². The van der Waals surface area contributed by atoms with Crippen molar-refractivity contribution in [3.8, 4) is 11.5 Å². The number of hydrogen-bond donors (Lipinski definition) is 9. The fourth-order valence-corrected chi connectivity index (χ4v) is 8.13. The smallest absolute Gasteiger partial charge is 0.296 e. The number of benzene rings is 6. The van der Waals surface area contributed by atoms with Gasteiger partial charge < -0.3 is 32.7 Å². The summed E-state index contributed by atoms with van der Waals surface area (Å²) in [6, 6.07) is 16.9. The number of fused-ring (bicyclic) bond motifs is 1. The van der Waals surface area contributed by atoms with E-state index in [2.05, 4.69) is 36.0 Å². The minimum absolute atomic E-state index is 0.0599. The molecule has 12 N–H and O–H groups in total. The Morgan fingerprint density at radius 1 is 0.516 bits per heavy atom. The molecule has 0 aliphatic heterocycles. The van der Waals surface area contributed by atoms with E-state index in [0.717, 1.165) is 36.4 Å².